The SMILES string of the molecule is CC(Oc1ccc(C=O)cc1F)C(=O)c1ccc(F)cc1. The maximum absolute atomic E-state index is 13.7. The lowest BCUT2D eigenvalue weighted by Gasteiger charge is -2.14. The van der Waals surface area contributed by atoms with Gasteiger partial charge in [-0.05, 0) is 49.4 Å². The normalized spacial score (nSPS) is 11.8. The highest BCUT2D eigenvalue weighted by Gasteiger charge is 2.18. The molecule has 0 radical (unpaired) electrons. The molecule has 2 aromatic rings. The molecule has 0 saturated carbocycles. The Morgan fingerprint density at radius 2 is 1.81 bits per heavy atom. The first-order valence-electron chi connectivity index (χ1n) is 6.22. The van der Waals surface area contributed by atoms with Gasteiger partial charge in [0.05, 0.1) is 0 Å². The van der Waals surface area contributed by atoms with Crippen LogP contribution in [0.3, 0.4) is 0 Å². The largest absolute Gasteiger partial charge is 0.479 e. The van der Waals surface area contributed by atoms with Gasteiger partial charge in [0.1, 0.15) is 12.1 Å². The molecule has 0 bridgehead atoms. The Labute approximate surface area is 120 Å². The average molecular weight is 290 g/mol. The van der Waals surface area contributed by atoms with Gasteiger partial charge in [0.15, 0.2) is 17.7 Å². The summed E-state index contributed by atoms with van der Waals surface area (Å²) >= 11 is 0. The van der Waals surface area contributed by atoms with E-state index in [-0.39, 0.29) is 16.9 Å². The van der Waals surface area contributed by atoms with Crippen LogP contribution in [0.25, 0.3) is 0 Å². The zero-order chi connectivity index (χ0) is 15.4. The number of benzene rings is 2. The molecule has 0 spiro atoms. The van der Waals surface area contributed by atoms with Crippen LogP contribution in [0, 0.1) is 11.6 Å². The van der Waals surface area contributed by atoms with Gasteiger partial charge in [0.25, 0.3) is 0 Å². The molecule has 0 aromatic heterocycles. The maximum Gasteiger partial charge on any atom is 0.202 e. The van der Waals surface area contributed by atoms with Crippen LogP contribution in [0.2, 0.25) is 0 Å². The summed E-state index contributed by atoms with van der Waals surface area (Å²) in [5, 5.41) is 0. The van der Waals surface area contributed by atoms with Crippen molar-refractivity contribution in [2.75, 3.05) is 0 Å². The Morgan fingerprint density at radius 3 is 2.38 bits per heavy atom. The van der Waals surface area contributed by atoms with Gasteiger partial charge in [-0.15, -0.1) is 0 Å². The van der Waals surface area contributed by atoms with Gasteiger partial charge in [0, 0.05) is 11.1 Å². The highest BCUT2D eigenvalue weighted by atomic mass is 19.1. The monoisotopic (exact) mass is 290 g/mol. The Balaban J connectivity index is 2.13. The Kier molecular flexibility index (Phi) is 4.42. The van der Waals surface area contributed by atoms with E-state index in [0.29, 0.717) is 6.29 Å². The Bertz CT molecular complexity index is 666. The fraction of sp³-hybridized carbons (Fsp3) is 0.125. The number of Topliss-reactive ketones (excluding diaryl/α,β-unsaturated/α-hetero) is 1. The standard InChI is InChI=1S/C16H12F2O3/c1-10(16(20)12-3-5-13(17)6-4-12)21-15-7-2-11(9-19)8-14(15)18/h2-10H,1H3. The summed E-state index contributed by atoms with van der Waals surface area (Å²) in [5.41, 5.74) is 0.450. The first kappa shape index (κ1) is 14.8. The van der Waals surface area contributed by atoms with Crippen molar-refractivity contribution >= 4 is 12.1 Å². The van der Waals surface area contributed by atoms with Crippen molar-refractivity contribution in [2.45, 2.75) is 13.0 Å². The predicted octanol–water partition coefficient (Wildman–Crippen LogP) is 3.43. The number of ketones is 1. The molecule has 0 amide bonds. The lowest BCUT2D eigenvalue weighted by Crippen LogP contribution is -2.24. The zero-order valence-electron chi connectivity index (χ0n) is 11.2. The lowest BCUT2D eigenvalue weighted by molar-refractivity contribution is 0.0812. The summed E-state index contributed by atoms with van der Waals surface area (Å²) in [5.74, 6) is -1.69. The van der Waals surface area contributed by atoms with E-state index >= 15 is 0 Å². The van der Waals surface area contributed by atoms with Crippen molar-refractivity contribution < 1.29 is 23.1 Å². The number of hydrogen-bond acceptors (Lipinski definition) is 3. The summed E-state index contributed by atoms with van der Waals surface area (Å²) in [7, 11) is 0. The van der Waals surface area contributed by atoms with Crippen LogP contribution in [0.15, 0.2) is 42.5 Å². The predicted molar refractivity (Wildman–Crippen MR) is 72.6 cm³/mol. The molecule has 3 nitrogen and oxygen atoms in total. The molecule has 2 aromatic carbocycles. The number of halogens is 2. The summed E-state index contributed by atoms with van der Waals surface area (Å²) in [6, 6.07) is 8.71. The van der Waals surface area contributed by atoms with Crippen LogP contribution in [0.4, 0.5) is 8.78 Å². The molecule has 21 heavy (non-hydrogen) atoms. The summed E-state index contributed by atoms with van der Waals surface area (Å²) in [4.78, 5) is 22.6. The highest BCUT2D eigenvalue weighted by molar-refractivity contribution is 5.99. The molecular formula is C16H12F2O3. The number of carbonyl (C=O) groups excluding carboxylic acids is 2. The van der Waals surface area contributed by atoms with Crippen molar-refractivity contribution in [3.8, 4) is 5.75 Å². The molecule has 1 atom stereocenters. The molecule has 0 aliphatic carbocycles. The van der Waals surface area contributed by atoms with Crippen molar-refractivity contribution in [1.29, 1.82) is 0 Å². The second-order valence-corrected chi connectivity index (χ2v) is 4.44. The fourth-order valence-electron chi connectivity index (χ4n) is 1.78. The van der Waals surface area contributed by atoms with Gasteiger partial charge in [-0.25, -0.2) is 8.78 Å². The van der Waals surface area contributed by atoms with Crippen molar-refractivity contribution in [3.63, 3.8) is 0 Å². The van der Waals surface area contributed by atoms with E-state index in [4.69, 9.17) is 4.74 Å². The van der Waals surface area contributed by atoms with Crippen LogP contribution >= 0.6 is 0 Å². The third-order valence-electron chi connectivity index (χ3n) is 2.89. The van der Waals surface area contributed by atoms with E-state index in [9.17, 15) is 18.4 Å². The van der Waals surface area contributed by atoms with Gasteiger partial charge in [-0.1, -0.05) is 0 Å². The molecule has 108 valence electrons. The molecule has 0 saturated heterocycles. The lowest BCUT2D eigenvalue weighted by atomic mass is 10.1. The number of rotatable bonds is 5. The minimum absolute atomic E-state index is 0.122. The quantitative estimate of drug-likeness (QED) is 0.626. The molecular weight excluding hydrogens is 278 g/mol. The fourth-order valence-corrected chi connectivity index (χ4v) is 1.78. The van der Waals surface area contributed by atoms with Gasteiger partial charge < -0.3 is 4.74 Å². The van der Waals surface area contributed by atoms with Crippen molar-refractivity contribution in [2.24, 2.45) is 0 Å². The second-order valence-electron chi connectivity index (χ2n) is 4.44. The van der Waals surface area contributed by atoms with E-state index in [1.165, 1.54) is 43.3 Å². The third kappa shape index (κ3) is 3.51. The molecule has 0 aliphatic heterocycles. The smallest absolute Gasteiger partial charge is 0.202 e. The topological polar surface area (TPSA) is 43.4 Å². The van der Waals surface area contributed by atoms with Gasteiger partial charge >= 0.3 is 0 Å². The third-order valence-corrected chi connectivity index (χ3v) is 2.89. The van der Waals surface area contributed by atoms with Crippen LogP contribution in [0.1, 0.15) is 27.6 Å². The van der Waals surface area contributed by atoms with Crippen molar-refractivity contribution in [3.05, 3.63) is 65.2 Å². The second kappa shape index (κ2) is 6.26. The number of ether oxygens (including phenoxy) is 1. The number of carbonyl (C=O) groups is 2. The molecule has 0 N–H and O–H groups in total. The molecule has 2 rings (SSSR count). The minimum atomic E-state index is -0.938. The van der Waals surface area contributed by atoms with E-state index in [2.05, 4.69) is 0 Å². The average Bonchev–Trinajstić information content (AvgIpc) is 2.49. The van der Waals surface area contributed by atoms with Gasteiger partial charge in [0.2, 0.25) is 5.78 Å². The molecule has 0 aliphatic rings. The zero-order valence-corrected chi connectivity index (χ0v) is 11.2. The first-order chi connectivity index (χ1) is 10.0. The van der Waals surface area contributed by atoms with Crippen LogP contribution in [0.5, 0.6) is 5.75 Å². The first-order valence-corrected chi connectivity index (χ1v) is 6.22. The molecule has 0 heterocycles. The van der Waals surface area contributed by atoms with Crippen LogP contribution < -0.4 is 4.74 Å². The molecule has 0 fully saturated rings. The Hall–Kier alpha value is -2.56. The van der Waals surface area contributed by atoms with Crippen LogP contribution in [-0.2, 0) is 0 Å². The van der Waals surface area contributed by atoms with E-state index < -0.39 is 23.5 Å². The van der Waals surface area contributed by atoms with E-state index in [1.54, 1.807) is 0 Å². The maximum atomic E-state index is 13.7. The molecule has 5 heteroatoms. The number of hydrogen-bond donors (Lipinski definition) is 0. The Morgan fingerprint density at radius 1 is 1.14 bits per heavy atom. The summed E-state index contributed by atoms with van der Waals surface area (Å²) in [6.45, 7) is 1.47. The summed E-state index contributed by atoms with van der Waals surface area (Å²) < 4.78 is 31.7. The minimum Gasteiger partial charge on any atom is -0.479 e. The van der Waals surface area contributed by atoms with E-state index in [1.807, 2.05) is 0 Å². The highest BCUT2D eigenvalue weighted by Crippen LogP contribution is 2.20. The summed E-state index contributed by atoms with van der Waals surface area (Å²) in [6.07, 6.45) is -0.424. The van der Waals surface area contributed by atoms with Gasteiger partial charge in [-0.2, -0.15) is 0 Å². The molecule has 1 unspecified atom stereocenters. The van der Waals surface area contributed by atoms with Crippen molar-refractivity contribution in [1.82, 2.24) is 0 Å². The van der Waals surface area contributed by atoms with E-state index in [0.717, 1.165) is 6.07 Å². The number of aldehydes is 1. The van der Waals surface area contributed by atoms with Gasteiger partial charge in [-0.3, -0.25) is 9.59 Å². The van der Waals surface area contributed by atoms with Crippen LogP contribution in [-0.4, -0.2) is 18.2 Å².